The van der Waals surface area contributed by atoms with E-state index >= 15 is 0 Å². The van der Waals surface area contributed by atoms with Gasteiger partial charge in [0.1, 0.15) is 11.5 Å². The van der Waals surface area contributed by atoms with Crippen LogP contribution in [0.4, 0.5) is 4.39 Å². The quantitative estimate of drug-likeness (QED) is 0.658. The van der Waals surface area contributed by atoms with E-state index in [1.54, 1.807) is 12.1 Å². The summed E-state index contributed by atoms with van der Waals surface area (Å²) in [4.78, 5) is 4.51. The molecule has 0 N–H and O–H groups in total. The van der Waals surface area contributed by atoms with Gasteiger partial charge in [-0.05, 0) is 45.8 Å². The molecule has 0 bridgehead atoms. The number of benzene rings is 1. The van der Waals surface area contributed by atoms with Crippen molar-refractivity contribution in [2.24, 2.45) is 0 Å². The van der Waals surface area contributed by atoms with Crippen molar-refractivity contribution in [3.63, 3.8) is 0 Å². The Morgan fingerprint density at radius 2 is 2.00 bits per heavy atom. The molecule has 0 spiro atoms. The number of rotatable bonds is 2. The first-order valence-corrected chi connectivity index (χ1v) is 6.38. The van der Waals surface area contributed by atoms with Crippen molar-refractivity contribution < 1.29 is 4.39 Å². The highest BCUT2D eigenvalue weighted by molar-refractivity contribution is 9.10. The molecule has 1 aromatic carbocycles. The second-order valence-electron chi connectivity index (χ2n) is 4.12. The number of halogens is 2. The van der Waals surface area contributed by atoms with Gasteiger partial charge in [0.2, 0.25) is 0 Å². The summed E-state index contributed by atoms with van der Waals surface area (Å²) in [6.45, 7) is 0. The van der Waals surface area contributed by atoms with E-state index in [0.717, 1.165) is 21.5 Å². The molecule has 2 aromatic heterocycles. The van der Waals surface area contributed by atoms with Crippen molar-refractivity contribution in [2.75, 3.05) is 0 Å². The first-order valence-electron chi connectivity index (χ1n) is 5.59. The second-order valence-corrected chi connectivity index (χ2v) is 4.93. The van der Waals surface area contributed by atoms with Crippen molar-refractivity contribution in [1.82, 2.24) is 9.38 Å². The zero-order valence-corrected chi connectivity index (χ0v) is 11.1. The van der Waals surface area contributed by atoms with Crippen LogP contribution in [0, 0.1) is 5.82 Å². The topological polar surface area (TPSA) is 17.3 Å². The third kappa shape index (κ3) is 2.16. The summed E-state index contributed by atoms with van der Waals surface area (Å²) in [5, 5.41) is 0. The number of aromatic nitrogens is 2. The maximum absolute atomic E-state index is 13.1. The van der Waals surface area contributed by atoms with Crippen molar-refractivity contribution in [1.29, 1.82) is 0 Å². The number of fused-ring (bicyclic) bond motifs is 1. The van der Waals surface area contributed by atoms with Crippen LogP contribution in [0.2, 0.25) is 0 Å². The zero-order chi connectivity index (χ0) is 12.5. The van der Waals surface area contributed by atoms with Gasteiger partial charge in [-0.25, -0.2) is 9.37 Å². The molecule has 0 atom stereocenters. The Labute approximate surface area is 112 Å². The van der Waals surface area contributed by atoms with Gasteiger partial charge in [-0.1, -0.05) is 18.2 Å². The third-order valence-electron chi connectivity index (χ3n) is 2.77. The maximum Gasteiger partial charge on any atom is 0.137 e. The molecule has 3 rings (SSSR count). The van der Waals surface area contributed by atoms with E-state index < -0.39 is 0 Å². The fraction of sp³-hybridized carbons (Fsp3) is 0.0714. The second kappa shape index (κ2) is 4.53. The minimum atomic E-state index is -0.211. The Hall–Kier alpha value is -1.68. The van der Waals surface area contributed by atoms with Crippen LogP contribution in [0.15, 0.2) is 53.3 Å². The highest BCUT2D eigenvalue weighted by Crippen LogP contribution is 2.16. The lowest BCUT2D eigenvalue weighted by molar-refractivity contribution is 0.626. The molecule has 4 heteroatoms. The predicted molar refractivity (Wildman–Crippen MR) is 72.1 cm³/mol. The van der Waals surface area contributed by atoms with Gasteiger partial charge in [0.05, 0.1) is 10.3 Å². The molecule has 2 nitrogen and oxygen atoms in total. The van der Waals surface area contributed by atoms with E-state index in [2.05, 4.69) is 20.9 Å². The Morgan fingerprint density at radius 1 is 1.17 bits per heavy atom. The Morgan fingerprint density at radius 3 is 2.78 bits per heavy atom. The van der Waals surface area contributed by atoms with Crippen molar-refractivity contribution in [3.05, 3.63) is 70.3 Å². The standard InChI is InChI=1S/C14H10BrFN2/c15-13-5-2-6-14-17-12(9-18(13)14)8-10-3-1-4-11(16)7-10/h1-7,9H,8H2. The van der Waals surface area contributed by atoms with Crippen LogP contribution in [-0.2, 0) is 6.42 Å². The lowest BCUT2D eigenvalue weighted by atomic mass is 10.1. The van der Waals surface area contributed by atoms with Gasteiger partial charge in [0, 0.05) is 12.6 Å². The van der Waals surface area contributed by atoms with Crippen molar-refractivity contribution in [2.45, 2.75) is 6.42 Å². The van der Waals surface area contributed by atoms with Crippen LogP contribution in [0.25, 0.3) is 5.65 Å². The number of imidazole rings is 1. The zero-order valence-electron chi connectivity index (χ0n) is 9.48. The third-order valence-corrected chi connectivity index (χ3v) is 3.41. The van der Waals surface area contributed by atoms with E-state index in [1.165, 1.54) is 6.07 Å². The molecule has 0 radical (unpaired) electrons. The van der Waals surface area contributed by atoms with Crippen LogP contribution < -0.4 is 0 Å². The molecule has 90 valence electrons. The molecule has 18 heavy (non-hydrogen) atoms. The largest absolute Gasteiger partial charge is 0.294 e. The van der Waals surface area contributed by atoms with Gasteiger partial charge in [-0.2, -0.15) is 0 Å². The Balaban J connectivity index is 1.98. The van der Waals surface area contributed by atoms with E-state index in [0.29, 0.717) is 6.42 Å². The summed E-state index contributed by atoms with van der Waals surface area (Å²) < 4.78 is 16.0. The lowest BCUT2D eigenvalue weighted by Gasteiger charge is -1.97. The Kier molecular flexibility index (Phi) is 2.88. The van der Waals surface area contributed by atoms with Crippen molar-refractivity contribution in [3.8, 4) is 0 Å². The molecule has 0 saturated carbocycles. The minimum absolute atomic E-state index is 0.211. The summed E-state index contributed by atoms with van der Waals surface area (Å²) >= 11 is 3.47. The molecule has 0 saturated heterocycles. The van der Waals surface area contributed by atoms with E-state index in [-0.39, 0.29) is 5.82 Å². The minimum Gasteiger partial charge on any atom is -0.294 e. The molecule has 0 aliphatic rings. The molecular formula is C14H10BrFN2. The van der Waals surface area contributed by atoms with Gasteiger partial charge in [0.25, 0.3) is 0 Å². The van der Waals surface area contributed by atoms with Crippen LogP contribution >= 0.6 is 15.9 Å². The van der Waals surface area contributed by atoms with Gasteiger partial charge in [0.15, 0.2) is 0 Å². The Bertz CT molecular complexity index is 706. The number of nitrogens with zero attached hydrogens (tertiary/aromatic N) is 2. The van der Waals surface area contributed by atoms with Gasteiger partial charge < -0.3 is 0 Å². The fourth-order valence-electron chi connectivity index (χ4n) is 1.97. The maximum atomic E-state index is 13.1. The highest BCUT2D eigenvalue weighted by Gasteiger charge is 2.05. The van der Waals surface area contributed by atoms with Crippen molar-refractivity contribution >= 4 is 21.6 Å². The lowest BCUT2D eigenvalue weighted by Crippen LogP contribution is -1.88. The van der Waals surface area contributed by atoms with Gasteiger partial charge in [-0.15, -0.1) is 0 Å². The van der Waals surface area contributed by atoms with Crippen LogP contribution in [0.5, 0.6) is 0 Å². The smallest absolute Gasteiger partial charge is 0.137 e. The number of hydrogen-bond acceptors (Lipinski definition) is 1. The molecule has 0 aliphatic heterocycles. The molecule has 0 fully saturated rings. The molecular weight excluding hydrogens is 295 g/mol. The molecule has 0 unspecified atom stereocenters. The fourth-order valence-corrected chi connectivity index (χ4v) is 2.41. The van der Waals surface area contributed by atoms with Crippen LogP contribution in [0.3, 0.4) is 0 Å². The molecule has 0 aliphatic carbocycles. The highest BCUT2D eigenvalue weighted by atomic mass is 79.9. The monoisotopic (exact) mass is 304 g/mol. The summed E-state index contributed by atoms with van der Waals surface area (Å²) in [6.07, 6.45) is 2.59. The average molecular weight is 305 g/mol. The van der Waals surface area contributed by atoms with E-state index in [4.69, 9.17) is 0 Å². The molecule has 2 heterocycles. The molecule has 3 aromatic rings. The van der Waals surface area contributed by atoms with Crippen LogP contribution in [0.1, 0.15) is 11.3 Å². The van der Waals surface area contributed by atoms with Crippen LogP contribution in [-0.4, -0.2) is 9.38 Å². The summed E-state index contributed by atoms with van der Waals surface area (Å²) in [6, 6.07) is 12.5. The van der Waals surface area contributed by atoms with E-state index in [1.807, 2.05) is 34.9 Å². The number of hydrogen-bond donors (Lipinski definition) is 0. The average Bonchev–Trinajstić information content (AvgIpc) is 2.73. The van der Waals surface area contributed by atoms with Gasteiger partial charge in [-0.3, -0.25) is 4.40 Å². The van der Waals surface area contributed by atoms with Gasteiger partial charge >= 0.3 is 0 Å². The number of pyridine rings is 1. The SMILES string of the molecule is Fc1cccc(Cc2cn3c(Br)cccc3n2)c1. The summed E-state index contributed by atoms with van der Waals surface area (Å²) in [7, 11) is 0. The summed E-state index contributed by atoms with van der Waals surface area (Å²) in [5.74, 6) is -0.211. The predicted octanol–water partition coefficient (Wildman–Crippen LogP) is 3.83. The normalized spacial score (nSPS) is 11.0. The van der Waals surface area contributed by atoms with E-state index in [9.17, 15) is 4.39 Å². The first-order chi connectivity index (χ1) is 8.72. The first kappa shape index (κ1) is 11.4. The molecule has 0 amide bonds. The summed E-state index contributed by atoms with van der Waals surface area (Å²) in [5.41, 5.74) is 2.73.